The van der Waals surface area contributed by atoms with Gasteiger partial charge in [-0.05, 0) is 51.0 Å². The van der Waals surface area contributed by atoms with Gasteiger partial charge in [0.1, 0.15) is 5.82 Å². The Bertz CT molecular complexity index is 535. The van der Waals surface area contributed by atoms with E-state index in [0.717, 1.165) is 25.9 Å². The lowest BCUT2D eigenvalue weighted by molar-refractivity contribution is -0.132. The standard InChI is InChI=1S/C18H26FN3O/c1-20-8-6-15(7-9-20)14-18(23)22-12-10-21(11-13-22)17-5-3-2-4-16(17)19/h2-5,15H,6-14H2,1H3. The van der Waals surface area contributed by atoms with Gasteiger partial charge in [0.15, 0.2) is 0 Å². The van der Waals surface area contributed by atoms with Crippen LogP contribution in [0.4, 0.5) is 10.1 Å². The molecule has 0 atom stereocenters. The van der Waals surface area contributed by atoms with Crippen LogP contribution in [0.3, 0.4) is 0 Å². The second-order valence-corrected chi connectivity index (χ2v) is 6.77. The Morgan fingerprint density at radius 2 is 1.74 bits per heavy atom. The van der Waals surface area contributed by atoms with Crippen LogP contribution in [0.1, 0.15) is 19.3 Å². The molecule has 2 saturated heterocycles. The van der Waals surface area contributed by atoms with E-state index in [1.54, 1.807) is 6.07 Å². The first-order valence-electron chi connectivity index (χ1n) is 8.59. The highest BCUT2D eigenvalue weighted by Gasteiger charge is 2.26. The van der Waals surface area contributed by atoms with Gasteiger partial charge in [-0.2, -0.15) is 0 Å². The van der Waals surface area contributed by atoms with Gasteiger partial charge in [0.2, 0.25) is 5.91 Å². The molecule has 0 spiro atoms. The highest BCUT2D eigenvalue weighted by molar-refractivity contribution is 5.76. The minimum absolute atomic E-state index is 0.182. The minimum atomic E-state index is -0.182. The topological polar surface area (TPSA) is 26.8 Å². The summed E-state index contributed by atoms with van der Waals surface area (Å²) < 4.78 is 13.8. The largest absolute Gasteiger partial charge is 0.366 e. The molecule has 1 amide bonds. The van der Waals surface area contributed by atoms with Crippen molar-refractivity contribution in [1.82, 2.24) is 9.80 Å². The first kappa shape index (κ1) is 16.2. The summed E-state index contributed by atoms with van der Waals surface area (Å²) in [6, 6.07) is 6.87. The molecule has 2 aliphatic rings. The number of piperazine rings is 1. The fourth-order valence-electron chi connectivity index (χ4n) is 3.55. The molecule has 2 aliphatic heterocycles. The molecule has 0 aromatic heterocycles. The average Bonchev–Trinajstić information content (AvgIpc) is 2.57. The Morgan fingerprint density at radius 1 is 1.09 bits per heavy atom. The molecule has 23 heavy (non-hydrogen) atoms. The predicted molar refractivity (Wildman–Crippen MR) is 90.0 cm³/mol. The van der Waals surface area contributed by atoms with Crippen molar-refractivity contribution in [2.45, 2.75) is 19.3 Å². The van der Waals surface area contributed by atoms with Crippen molar-refractivity contribution in [1.29, 1.82) is 0 Å². The molecule has 0 bridgehead atoms. The molecule has 3 rings (SSSR count). The molecule has 2 heterocycles. The van der Waals surface area contributed by atoms with E-state index in [1.165, 1.54) is 6.07 Å². The molecule has 0 unspecified atom stereocenters. The van der Waals surface area contributed by atoms with Crippen molar-refractivity contribution < 1.29 is 9.18 Å². The smallest absolute Gasteiger partial charge is 0.222 e. The maximum Gasteiger partial charge on any atom is 0.222 e. The number of carbonyl (C=O) groups excluding carboxylic acids is 1. The fraction of sp³-hybridized carbons (Fsp3) is 0.611. The molecule has 0 N–H and O–H groups in total. The predicted octanol–water partition coefficient (Wildman–Crippen LogP) is 2.21. The summed E-state index contributed by atoms with van der Waals surface area (Å²) >= 11 is 0. The van der Waals surface area contributed by atoms with Crippen molar-refractivity contribution in [3.63, 3.8) is 0 Å². The molecule has 126 valence electrons. The zero-order valence-corrected chi connectivity index (χ0v) is 13.9. The number of anilines is 1. The van der Waals surface area contributed by atoms with E-state index in [0.29, 0.717) is 44.2 Å². The Morgan fingerprint density at radius 3 is 2.39 bits per heavy atom. The van der Waals surface area contributed by atoms with Crippen LogP contribution in [0.5, 0.6) is 0 Å². The van der Waals surface area contributed by atoms with E-state index in [4.69, 9.17) is 0 Å². The van der Waals surface area contributed by atoms with Crippen LogP contribution >= 0.6 is 0 Å². The number of likely N-dealkylation sites (tertiary alicyclic amines) is 1. The van der Waals surface area contributed by atoms with Crippen molar-refractivity contribution in [2.75, 3.05) is 51.2 Å². The molecule has 2 fully saturated rings. The lowest BCUT2D eigenvalue weighted by Crippen LogP contribution is -2.49. The monoisotopic (exact) mass is 319 g/mol. The fourth-order valence-corrected chi connectivity index (χ4v) is 3.55. The summed E-state index contributed by atoms with van der Waals surface area (Å²) in [5.41, 5.74) is 0.648. The average molecular weight is 319 g/mol. The maximum absolute atomic E-state index is 13.8. The molecule has 0 aliphatic carbocycles. The number of amides is 1. The number of piperidine rings is 1. The number of halogens is 1. The van der Waals surface area contributed by atoms with Crippen LogP contribution in [0, 0.1) is 11.7 Å². The third-order valence-corrected chi connectivity index (χ3v) is 5.13. The normalized spacial score (nSPS) is 20.8. The number of benzene rings is 1. The van der Waals surface area contributed by atoms with Crippen molar-refractivity contribution in [3.8, 4) is 0 Å². The zero-order valence-electron chi connectivity index (χ0n) is 13.9. The lowest BCUT2D eigenvalue weighted by Gasteiger charge is -2.37. The Kier molecular flexibility index (Phi) is 5.16. The first-order valence-corrected chi connectivity index (χ1v) is 8.59. The van der Waals surface area contributed by atoms with Gasteiger partial charge in [-0.1, -0.05) is 12.1 Å². The van der Waals surface area contributed by atoms with Gasteiger partial charge in [-0.3, -0.25) is 4.79 Å². The molecule has 0 radical (unpaired) electrons. The van der Waals surface area contributed by atoms with E-state index >= 15 is 0 Å². The number of para-hydroxylation sites is 1. The SMILES string of the molecule is CN1CCC(CC(=O)N2CCN(c3ccccc3F)CC2)CC1. The molecule has 0 saturated carbocycles. The number of hydrogen-bond donors (Lipinski definition) is 0. The second-order valence-electron chi connectivity index (χ2n) is 6.77. The summed E-state index contributed by atoms with van der Waals surface area (Å²) in [7, 11) is 2.14. The second kappa shape index (κ2) is 7.30. The molecular weight excluding hydrogens is 293 g/mol. The summed E-state index contributed by atoms with van der Waals surface area (Å²) in [6.07, 6.45) is 2.92. The lowest BCUT2D eigenvalue weighted by atomic mass is 9.93. The van der Waals surface area contributed by atoms with Crippen molar-refractivity contribution in [2.24, 2.45) is 5.92 Å². The highest BCUT2D eigenvalue weighted by Crippen LogP contribution is 2.23. The van der Waals surface area contributed by atoms with Gasteiger partial charge in [0, 0.05) is 32.6 Å². The van der Waals surface area contributed by atoms with E-state index in [9.17, 15) is 9.18 Å². The van der Waals surface area contributed by atoms with Crippen LogP contribution in [0.2, 0.25) is 0 Å². The first-order chi connectivity index (χ1) is 11.1. The summed E-state index contributed by atoms with van der Waals surface area (Å²) in [6.45, 7) is 5.00. The summed E-state index contributed by atoms with van der Waals surface area (Å²) in [4.78, 5) is 18.8. The molecular formula is C18H26FN3O. The Hall–Kier alpha value is -1.62. The van der Waals surface area contributed by atoms with E-state index in [2.05, 4.69) is 11.9 Å². The van der Waals surface area contributed by atoms with Gasteiger partial charge in [0.05, 0.1) is 5.69 Å². The van der Waals surface area contributed by atoms with Crippen molar-refractivity contribution >= 4 is 11.6 Å². The molecule has 5 heteroatoms. The van der Waals surface area contributed by atoms with Gasteiger partial charge >= 0.3 is 0 Å². The molecule has 4 nitrogen and oxygen atoms in total. The molecule has 1 aromatic carbocycles. The maximum atomic E-state index is 13.8. The van der Waals surface area contributed by atoms with Gasteiger partial charge < -0.3 is 14.7 Å². The zero-order chi connectivity index (χ0) is 16.2. The number of nitrogens with zero attached hydrogens (tertiary/aromatic N) is 3. The van der Waals surface area contributed by atoms with Crippen LogP contribution in [-0.4, -0.2) is 62.0 Å². The van der Waals surface area contributed by atoms with E-state index in [-0.39, 0.29) is 11.7 Å². The van der Waals surface area contributed by atoms with Crippen molar-refractivity contribution in [3.05, 3.63) is 30.1 Å². The van der Waals surface area contributed by atoms with Gasteiger partial charge in [-0.25, -0.2) is 4.39 Å². The van der Waals surface area contributed by atoms with Crippen LogP contribution in [0.25, 0.3) is 0 Å². The van der Waals surface area contributed by atoms with Gasteiger partial charge in [0.25, 0.3) is 0 Å². The third-order valence-electron chi connectivity index (χ3n) is 5.13. The number of carbonyl (C=O) groups is 1. The number of hydrogen-bond acceptors (Lipinski definition) is 3. The quantitative estimate of drug-likeness (QED) is 0.855. The van der Waals surface area contributed by atoms with E-state index in [1.807, 2.05) is 21.9 Å². The van der Waals surface area contributed by atoms with Crippen LogP contribution in [-0.2, 0) is 4.79 Å². The summed E-state index contributed by atoms with van der Waals surface area (Å²) in [5, 5.41) is 0. The minimum Gasteiger partial charge on any atom is -0.366 e. The third kappa shape index (κ3) is 4.02. The van der Waals surface area contributed by atoms with Crippen LogP contribution < -0.4 is 4.90 Å². The highest BCUT2D eigenvalue weighted by atomic mass is 19.1. The Labute approximate surface area is 137 Å². The molecule has 1 aromatic rings. The van der Waals surface area contributed by atoms with Crippen LogP contribution in [0.15, 0.2) is 24.3 Å². The summed E-state index contributed by atoms with van der Waals surface area (Å²) in [5.74, 6) is 0.620. The van der Waals surface area contributed by atoms with E-state index < -0.39 is 0 Å². The number of rotatable bonds is 3. The van der Waals surface area contributed by atoms with Gasteiger partial charge in [-0.15, -0.1) is 0 Å². The Balaban J connectivity index is 1.49.